The van der Waals surface area contributed by atoms with Crippen LogP contribution >= 0.6 is 0 Å². The van der Waals surface area contributed by atoms with Crippen molar-refractivity contribution >= 4 is 23.9 Å². The first-order valence-corrected chi connectivity index (χ1v) is 12.3. The fraction of sp³-hybridized carbons (Fsp3) is 0.833. The summed E-state index contributed by atoms with van der Waals surface area (Å²) in [7, 11) is 0. The summed E-state index contributed by atoms with van der Waals surface area (Å²) in [4.78, 5) is 51.6. The number of carbonyl (C=O) groups is 4. The second-order valence-electron chi connectivity index (χ2n) is 10.3. The molecule has 0 radical (unpaired) electrons. The van der Waals surface area contributed by atoms with Gasteiger partial charge in [-0.25, -0.2) is 9.59 Å². The number of unbranched alkanes of at least 4 members (excludes halogenated alkanes) is 5. The molecule has 9 heteroatoms. The van der Waals surface area contributed by atoms with Gasteiger partial charge in [0.05, 0.1) is 0 Å². The first kappa shape index (κ1) is 26.9. The lowest BCUT2D eigenvalue weighted by Crippen LogP contribution is -2.56. The van der Waals surface area contributed by atoms with E-state index in [1.54, 1.807) is 20.8 Å². The molecule has 2 fully saturated rings. The summed E-state index contributed by atoms with van der Waals surface area (Å²) in [5.41, 5.74) is -1.88. The summed E-state index contributed by atoms with van der Waals surface area (Å²) in [6, 6.07) is -1.50. The highest BCUT2D eigenvalue weighted by molar-refractivity contribution is 5.95. The Labute approximate surface area is 197 Å². The molecule has 1 saturated carbocycles. The van der Waals surface area contributed by atoms with Crippen LogP contribution in [-0.2, 0) is 19.1 Å². The van der Waals surface area contributed by atoms with E-state index >= 15 is 0 Å². The van der Waals surface area contributed by atoms with Crippen LogP contribution in [0.4, 0.5) is 4.79 Å². The van der Waals surface area contributed by atoms with Gasteiger partial charge < -0.3 is 25.4 Å². The van der Waals surface area contributed by atoms with Gasteiger partial charge in [-0.2, -0.15) is 0 Å². The number of alkyl carbamates (subject to hydrolysis) is 1. The van der Waals surface area contributed by atoms with Crippen molar-refractivity contribution in [3.05, 3.63) is 0 Å². The molecule has 0 spiro atoms. The van der Waals surface area contributed by atoms with E-state index in [1.165, 1.54) is 11.3 Å². The molecule has 3 N–H and O–H groups in total. The van der Waals surface area contributed by atoms with E-state index in [4.69, 9.17) is 4.74 Å². The third-order valence-corrected chi connectivity index (χ3v) is 6.20. The van der Waals surface area contributed by atoms with Gasteiger partial charge in [-0.05, 0) is 52.9 Å². The van der Waals surface area contributed by atoms with Crippen LogP contribution in [0.3, 0.4) is 0 Å². The molecule has 2 rings (SSSR count). The van der Waals surface area contributed by atoms with Crippen LogP contribution in [0.25, 0.3) is 0 Å². The number of nitrogens with zero attached hydrogens (tertiary/aromatic N) is 1. The molecule has 0 unspecified atom stereocenters. The van der Waals surface area contributed by atoms with Gasteiger partial charge in [0.2, 0.25) is 11.8 Å². The summed E-state index contributed by atoms with van der Waals surface area (Å²) in [6.07, 6.45) is 8.04. The lowest BCUT2D eigenvalue weighted by atomic mass is 10.0. The van der Waals surface area contributed by atoms with Crippen LogP contribution in [0.5, 0.6) is 0 Å². The summed E-state index contributed by atoms with van der Waals surface area (Å²) in [5, 5.41) is 14.7. The number of amides is 3. The van der Waals surface area contributed by atoms with E-state index in [0.29, 0.717) is 38.6 Å². The van der Waals surface area contributed by atoms with Crippen molar-refractivity contribution in [1.29, 1.82) is 0 Å². The van der Waals surface area contributed by atoms with Crippen molar-refractivity contribution in [2.75, 3.05) is 6.54 Å². The predicted octanol–water partition coefficient (Wildman–Crippen LogP) is 3.35. The number of nitrogens with one attached hydrogen (secondary N) is 2. The summed E-state index contributed by atoms with van der Waals surface area (Å²) >= 11 is 0. The van der Waals surface area contributed by atoms with Gasteiger partial charge in [-0.15, -0.1) is 0 Å². The number of carbonyl (C=O) groups excluding carboxylic acids is 3. The van der Waals surface area contributed by atoms with E-state index < -0.39 is 41.2 Å². The van der Waals surface area contributed by atoms with E-state index in [2.05, 4.69) is 17.6 Å². The van der Waals surface area contributed by atoms with Crippen molar-refractivity contribution in [3.8, 4) is 0 Å². The number of rotatable bonds is 12. The zero-order valence-corrected chi connectivity index (χ0v) is 20.6. The Kier molecular flexibility index (Phi) is 9.55. The number of carboxylic acids is 1. The summed E-state index contributed by atoms with van der Waals surface area (Å²) in [6.45, 7) is 7.83. The zero-order valence-electron chi connectivity index (χ0n) is 20.6. The summed E-state index contributed by atoms with van der Waals surface area (Å²) in [5.74, 6) is -1.79. The fourth-order valence-electron chi connectivity index (χ4n) is 4.18. The van der Waals surface area contributed by atoms with Crippen molar-refractivity contribution in [2.45, 2.75) is 122 Å². The minimum Gasteiger partial charge on any atom is -0.480 e. The lowest BCUT2D eigenvalue weighted by Gasteiger charge is -2.30. The molecule has 1 heterocycles. The fourth-order valence-corrected chi connectivity index (χ4v) is 4.18. The van der Waals surface area contributed by atoms with Gasteiger partial charge in [0, 0.05) is 6.54 Å². The Morgan fingerprint density at radius 2 is 1.73 bits per heavy atom. The third-order valence-electron chi connectivity index (χ3n) is 6.20. The number of aliphatic carboxylic acids is 1. The molecule has 3 amide bonds. The Hall–Kier alpha value is -2.32. The molecule has 2 atom stereocenters. The molecule has 0 aromatic rings. The van der Waals surface area contributed by atoms with Crippen molar-refractivity contribution in [2.24, 2.45) is 0 Å². The van der Waals surface area contributed by atoms with Crippen molar-refractivity contribution in [3.63, 3.8) is 0 Å². The molecule has 1 aliphatic heterocycles. The monoisotopic (exact) mass is 467 g/mol. The molecular formula is C24H41N3O6. The van der Waals surface area contributed by atoms with Crippen LogP contribution in [0.1, 0.15) is 98.3 Å². The van der Waals surface area contributed by atoms with Crippen LogP contribution in [0, 0.1) is 0 Å². The average molecular weight is 468 g/mol. The molecule has 0 bridgehead atoms. The first-order valence-electron chi connectivity index (χ1n) is 12.3. The normalized spacial score (nSPS) is 20.1. The summed E-state index contributed by atoms with van der Waals surface area (Å²) < 4.78 is 5.35. The average Bonchev–Trinajstić information content (AvgIpc) is 3.33. The molecular weight excluding hydrogens is 426 g/mol. The van der Waals surface area contributed by atoms with E-state index in [9.17, 15) is 24.3 Å². The number of likely N-dealkylation sites (tertiary alicyclic amines) is 1. The van der Waals surface area contributed by atoms with E-state index in [0.717, 1.165) is 32.1 Å². The maximum Gasteiger partial charge on any atom is 0.408 e. The molecule has 1 aliphatic carbocycles. The van der Waals surface area contributed by atoms with Crippen LogP contribution in [0.15, 0.2) is 0 Å². The minimum atomic E-state index is -1.19. The first-order chi connectivity index (χ1) is 15.5. The largest absolute Gasteiger partial charge is 0.480 e. The maximum absolute atomic E-state index is 13.4. The highest BCUT2D eigenvalue weighted by atomic mass is 16.6. The molecule has 33 heavy (non-hydrogen) atoms. The Morgan fingerprint density at radius 1 is 1.09 bits per heavy atom. The zero-order chi connectivity index (χ0) is 24.6. The van der Waals surface area contributed by atoms with Crippen LogP contribution < -0.4 is 10.6 Å². The molecule has 0 aromatic carbocycles. The van der Waals surface area contributed by atoms with Crippen LogP contribution in [0.2, 0.25) is 0 Å². The second kappa shape index (κ2) is 11.7. The van der Waals surface area contributed by atoms with Gasteiger partial charge >= 0.3 is 12.1 Å². The number of carboxylic acid groups (broad SMARTS) is 1. The number of hydrogen-bond acceptors (Lipinski definition) is 5. The highest BCUT2D eigenvalue weighted by Gasteiger charge is 2.53. The van der Waals surface area contributed by atoms with Gasteiger partial charge in [0.15, 0.2) is 0 Å². The Morgan fingerprint density at radius 3 is 2.30 bits per heavy atom. The lowest BCUT2D eigenvalue weighted by molar-refractivity contribution is -0.145. The Bertz CT molecular complexity index is 713. The SMILES string of the molecule is CCCCCCCC[C@H](NC(=O)OC(C)(C)C)C(=O)N1CCC[C@H]1C(=O)NC1(C(=O)O)CC1. The highest BCUT2D eigenvalue weighted by Crippen LogP contribution is 2.36. The maximum atomic E-state index is 13.4. The van der Waals surface area contributed by atoms with Crippen LogP contribution in [-0.4, -0.2) is 63.7 Å². The molecule has 188 valence electrons. The topological polar surface area (TPSA) is 125 Å². The van der Waals surface area contributed by atoms with Gasteiger partial charge in [-0.3, -0.25) is 9.59 Å². The van der Waals surface area contributed by atoms with Crippen molar-refractivity contribution in [1.82, 2.24) is 15.5 Å². The van der Waals surface area contributed by atoms with Crippen molar-refractivity contribution < 1.29 is 29.0 Å². The molecule has 1 saturated heterocycles. The second-order valence-corrected chi connectivity index (χ2v) is 10.3. The van der Waals surface area contributed by atoms with Gasteiger partial charge in [0.25, 0.3) is 0 Å². The minimum absolute atomic E-state index is 0.313. The van der Waals surface area contributed by atoms with E-state index in [1.807, 2.05) is 0 Å². The number of ether oxygens (including phenoxy) is 1. The third kappa shape index (κ3) is 8.19. The Balaban J connectivity index is 2.03. The smallest absolute Gasteiger partial charge is 0.408 e. The quantitative estimate of drug-likeness (QED) is 0.378. The van der Waals surface area contributed by atoms with Gasteiger partial charge in [0.1, 0.15) is 23.2 Å². The predicted molar refractivity (Wildman–Crippen MR) is 124 cm³/mol. The standard InChI is InChI=1S/C24H41N3O6/c1-5-6-7-8-9-10-12-17(25-22(32)33-23(2,3)4)20(29)27-16-11-13-18(27)19(28)26-24(14-15-24)21(30)31/h17-18H,5-16H2,1-4H3,(H,25,32)(H,26,28)(H,30,31)/t17-,18-/m0/s1. The van der Waals surface area contributed by atoms with Gasteiger partial charge in [-0.1, -0.05) is 45.4 Å². The molecule has 9 nitrogen and oxygen atoms in total. The number of hydrogen-bond donors (Lipinski definition) is 3. The molecule has 0 aromatic heterocycles. The molecule has 2 aliphatic rings. The van der Waals surface area contributed by atoms with E-state index in [-0.39, 0.29) is 5.91 Å².